The molecule has 2 aromatic carbocycles. The number of hydrogen-bond donors (Lipinski definition) is 1. The highest BCUT2D eigenvalue weighted by molar-refractivity contribution is 5.94. The molecule has 0 atom stereocenters. The van der Waals surface area contributed by atoms with E-state index in [1.807, 2.05) is 0 Å². The van der Waals surface area contributed by atoms with Crippen LogP contribution < -0.4 is 10.1 Å². The Morgan fingerprint density at radius 2 is 1.83 bits per heavy atom. The first-order chi connectivity index (χ1) is 10.9. The van der Waals surface area contributed by atoms with Gasteiger partial charge in [-0.05, 0) is 42.3 Å². The Morgan fingerprint density at radius 1 is 1.09 bits per heavy atom. The van der Waals surface area contributed by atoms with E-state index >= 15 is 0 Å². The molecule has 7 heteroatoms. The maximum atomic E-state index is 13.5. The second-order valence-corrected chi connectivity index (χ2v) is 4.68. The van der Waals surface area contributed by atoms with Gasteiger partial charge in [0.2, 0.25) is 0 Å². The molecule has 0 saturated carbocycles. The molecule has 1 N–H and O–H groups in total. The normalized spacial score (nSPS) is 10.5. The van der Waals surface area contributed by atoms with E-state index in [0.29, 0.717) is 17.4 Å². The Morgan fingerprint density at radius 3 is 2.52 bits per heavy atom. The number of hydrogen-bond acceptors (Lipinski definition) is 2. The van der Waals surface area contributed by atoms with Crippen LogP contribution in [0.15, 0.2) is 30.3 Å². The van der Waals surface area contributed by atoms with E-state index in [-0.39, 0.29) is 13.0 Å². The average molecular weight is 327 g/mol. The van der Waals surface area contributed by atoms with Crippen LogP contribution in [0, 0.1) is 23.3 Å². The van der Waals surface area contributed by atoms with Crippen molar-refractivity contribution < 1.29 is 27.1 Å². The molecule has 122 valence electrons. The van der Waals surface area contributed by atoms with E-state index < -0.39 is 34.7 Å². The number of amides is 1. The largest absolute Gasteiger partial charge is 0.496 e. The van der Waals surface area contributed by atoms with Gasteiger partial charge in [-0.2, -0.15) is 0 Å². The highest BCUT2D eigenvalue weighted by Gasteiger charge is 2.18. The maximum Gasteiger partial charge on any atom is 0.254 e. The number of halogens is 4. The third-order valence-electron chi connectivity index (χ3n) is 3.20. The fraction of sp³-hybridized carbons (Fsp3) is 0.188. The zero-order chi connectivity index (χ0) is 17.0. The molecular formula is C16H13F4NO2. The van der Waals surface area contributed by atoms with E-state index in [1.165, 1.54) is 25.3 Å². The summed E-state index contributed by atoms with van der Waals surface area (Å²) in [6, 6.07) is 5.46. The summed E-state index contributed by atoms with van der Waals surface area (Å²) in [7, 11) is 1.42. The molecule has 0 unspecified atom stereocenters. The highest BCUT2D eigenvalue weighted by Crippen LogP contribution is 2.19. The van der Waals surface area contributed by atoms with Gasteiger partial charge in [-0.1, -0.05) is 0 Å². The smallest absolute Gasteiger partial charge is 0.254 e. The Hall–Kier alpha value is -2.57. The van der Waals surface area contributed by atoms with Gasteiger partial charge >= 0.3 is 0 Å². The zero-order valence-corrected chi connectivity index (χ0v) is 12.1. The van der Waals surface area contributed by atoms with E-state index in [4.69, 9.17) is 4.74 Å². The highest BCUT2D eigenvalue weighted by atomic mass is 19.2. The van der Waals surface area contributed by atoms with Crippen LogP contribution in [0.4, 0.5) is 17.6 Å². The molecule has 0 bridgehead atoms. The summed E-state index contributed by atoms with van der Waals surface area (Å²) in [5.74, 6) is -5.53. The third kappa shape index (κ3) is 3.80. The minimum atomic E-state index is -1.70. The van der Waals surface area contributed by atoms with Crippen molar-refractivity contribution in [3.8, 4) is 5.75 Å². The second kappa shape index (κ2) is 7.13. The van der Waals surface area contributed by atoms with Crippen LogP contribution in [0.3, 0.4) is 0 Å². The lowest BCUT2D eigenvalue weighted by Gasteiger charge is -2.10. The van der Waals surface area contributed by atoms with Crippen molar-refractivity contribution in [1.82, 2.24) is 5.32 Å². The van der Waals surface area contributed by atoms with Crippen molar-refractivity contribution in [3.05, 3.63) is 64.7 Å². The molecule has 0 heterocycles. The lowest BCUT2D eigenvalue weighted by Crippen LogP contribution is -2.27. The molecule has 0 radical (unpaired) electrons. The molecule has 0 fully saturated rings. The lowest BCUT2D eigenvalue weighted by molar-refractivity contribution is 0.0948. The number of nitrogens with one attached hydrogen (secondary N) is 1. The maximum absolute atomic E-state index is 13.5. The van der Waals surface area contributed by atoms with E-state index in [1.54, 1.807) is 0 Å². The summed E-state index contributed by atoms with van der Waals surface area (Å²) in [4.78, 5) is 11.8. The molecule has 2 rings (SSSR count). The number of carbonyl (C=O) groups is 1. The third-order valence-corrected chi connectivity index (χ3v) is 3.20. The number of ether oxygens (including phenoxy) is 1. The predicted octanol–water partition coefficient (Wildman–Crippen LogP) is 3.22. The first-order valence-corrected chi connectivity index (χ1v) is 6.68. The van der Waals surface area contributed by atoms with Crippen molar-refractivity contribution in [1.29, 1.82) is 0 Å². The van der Waals surface area contributed by atoms with E-state index in [9.17, 15) is 22.4 Å². The van der Waals surface area contributed by atoms with Gasteiger partial charge in [-0.3, -0.25) is 4.79 Å². The van der Waals surface area contributed by atoms with E-state index in [0.717, 1.165) is 6.07 Å². The van der Waals surface area contributed by atoms with E-state index in [2.05, 4.69) is 5.32 Å². The number of methoxy groups -OCH3 is 1. The topological polar surface area (TPSA) is 38.3 Å². The molecule has 0 saturated heterocycles. The quantitative estimate of drug-likeness (QED) is 0.676. The average Bonchev–Trinajstić information content (AvgIpc) is 2.53. The Labute approximate surface area is 129 Å². The van der Waals surface area contributed by atoms with Gasteiger partial charge in [0, 0.05) is 6.54 Å². The number of benzene rings is 2. The Balaban J connectivity index is 2.03. The van der Waals surface area contributed by atoms with Gasteiger partial charge in [0.25, 0.3) is 5.91 Å². The van der Waals surface area contributed by atoms with Gasteiger partial charge in [-0.15, -0.1) is 0 Å². The molecular weight excluding hydrogens is 314 g/mol. The fourth-order valence-electron chi connectivity index (χ4n) is 2.05. The molecule has 2 aromatic rings. The lowest BCUT2D eigenvalue weighted by atomic mass is 10.1. The summed E-state index contributed by atoms with van der Waals surface area (Å²) >= 11 is 0. The second-order valence-electron chi connectivity index (χ2n) is 4.68. The van der Waals surface area contributed by atoms with Crippen LogP contribution in [0.1, 0.15) is 15.9 Å². The first kappa shape index (κ1) is 16.8. The van der Waals surface area contributed by atoms with Gasteiger partial charge in [0.1, 0.15) is 11.6 Å². The SMILES string of the molecule is COc1ccc(F)cc1CCNC(=O)c1ccc(F)c(F)c1F. The van der Waals surface area contributed by atoms with Crippen LogP contribution in [0.2, 0.25) is 0 Å². The van der Waals surface area contributed by atoms with Crippen molar-refractivity contribution in [2.45, 2.75) is 6.42 Å². The summed E-state index contributed by atoms with van der Waals surface area (Å²) in [6.07, 6.45) is 0.220. The van der Waals surface area contributed by atoms with Crippen LogP contribution in [-0.2, 0) is 6.42 Å². The van der Waals surface area contributed by atoms with Crippen LogP contribution in [0.25, 0.3) is 0 Å². The Bertz CT molecular complexity index is 734. The van der Waals surface area contributed by atoms with Crippen molar-refractivity contribution in [2.24, 2.45) is 0 Å². The van der Waals surface area contributed by atoms with Crippen molar-refractivity contribution in [3.63, 3.8) is 0 Å². The predicted molar refractivity (Wildman–Crippen MR) is 75.3 cm³/mol. The van der Waals surface area contributed by atoms with Crippen LogP contribution >= 0.6 is 0 Å². The van der Waals surface area contributed by atoms with Crippen molar-refractivity contribution in [2.75, 3.05) is 13.7 Å². The molecule has 0 aliphatic rings. The summed E-state index contributed by atoms with van der Waals surface area (Å²) in [5, 5.41) is 2.36. The van der Waals surface area contributed by atoms with Crippen molar-refractivity contribution >= 4 is 5.91 Å². The van der Waals surface area contributed by atoms with Crippen LogP contribution in [0.5, 0.6) is 5.75 Å². The molecule has 0 aliphatic heterocycles. The summed E-state index contributed by atoms with van der Waals surface area (Å²) in [6.45, 7) is 0.0388. The summed E-state index contributed by atoms with van der Waals surface area (Å²) < 4.78 is 57.7. The number of rotatable bonds is 5. The minimum absolute atomic E-state index is 0.0388. The van der Waals surface area contributed by atoms with Gasteiger partial charge in [0.15, 0.2) is 17.5 Å². The molecule has 0 aromatic heterocycles. The number of carbonyl (C=O) groups excluding carboxylic acids is 1. The monoisotopic (exact) mass is 327 g/mol. The summed E-state index contributed by atoms with van der Waals surface area (Å²) in [5.41, 5.74) is -0.0892. The Kier molecular flexibility index (Phi) is 5.20. The molecule has 0 aliphatic carbocycles. The van der Waals surface area contributed by atoms with Gasteiger partial charge < -0.3 is 10.1 Å². The molecule has 23 heavy (non-hydrogen) atoms. The molecule has 0 spiro atoms. The molecule has 3 nitrogen and oxygen atoms in total. The fourth-order valence-corrected chi connectivity index (χ4v) is 2.05. The van der Waals surface area contributed by atoms with Gasteiger partial charge in [0.05, 0.1) is 12.7 Å². The minimum Gasteiger partial charge on any atom is -0.496 e. The zero-order valence-electron chi connectivity index (χ0n) is 12.1. The standard InChI is InChI=1S/C16H13F4NO2/c1-23-13-5-2-10(17)8-9(13)6-7-21-16(22)11-3-4-12(18)15(20)14(11)19/h2-5,8H,6-7H2,1H3,(H,21,22). The first-order valence-electron chi connectivity index (χ1n) is 6.68. The van der Waals surface area contributed by atoms with Crippen LogP contribution in [-0.4, -0.2) is 19.6 Å². The molecule has 1 amide bonds. The van der Waals surface area contributed by atoms with Gasteiger partial charge in [-0.25, -0.2) is 17.6 Å².